The van der Waals surface area contributed by atoms with Crippen molar-refractivity contribution in [3.05, 3.63) is 176 Å². The molecule has 11 rings (SSSR count). The molecule has 0 amide bonds. The fourth-order valence-corrected chi connectivity index (χ4v) is 8.28. The Balaban J connectivity index is 1.12. The van der Waals surface area contributed by atoms with Gasteiger partial charge in [0.15, 0.2) is 0 Å². The number of para-hydroxylation sites is 3. The van der Waals surface area contributed by atoms with Crippen LogP contribution in [0.4, 0.5) is 0 Å². The average molecular weight is 636 g/mol. The van der Waals surface area contributed by atoms with E-state index < -0.39 is 0 Å². The molecule has 0 radical (unpaired) electrons. The normalized spacial score (nSPS) is 12.0. The molecule has 0 aliphatic rings. The van der Waals surface area contributed by atoms with Crippen molar-refractivity contribution in [2.75, 3.05) is 0 Å². The van der Waals surface area contributed by atoms with Crippen molar-refractivity contribution in [1.29, 1.82) is 0 Å². The molecule has 0 fully saturated rings. The number of nitrogens with zero attached hydrogens (tertiary/aromatic N) is 3. The molecule has 3 aromatic heterocycles. The second-order valence-electron chi connectivity index (χ2n) is 13.2. The van der Waals surface area contributed by atoms with Crippen LogP contribution in [-0.2, 0) is 0 Å². The van der Waals surface area contributed by atoms with Crippen LogP contribution in [0.2, 0.25) is 0 Å². The van der Waals surface area contributed by atoms with E-state index in [-0.39, 0.29) is 0 Å². The zero-order valence-corrected chi connectivity index (χ0v) is 27.1. The summed E-state index contributed by atoms with van der Waals surface area (Å²) in [6.07, 6.45) is 0. The van der Waals surface area contributed by atoms with Crippen LogP contribution in [0.25, 0.3) is 98.7 Å². The first kappa shape index (κ1) is 27.3. The van der Waals surface area contributed by atoms with E-state index in [0.29, 0.717) is 0 Å². The highest BCUT2D eigenvalue weighted by atomic mass is 15.1. The summed E-state index contributed by atoms with van der Waals surface area (Å²) >= 11 is 0. The van der Waals surface area contributed by atoms with Crippen LogP contribution in [-0.4, -0.2) is 14.1 Å². The topological polar surface area (TPSA) is 22.8 Å². The first-order chi connectivity index (χ1) is 24.8. The van der Waals surface area contributed by atoms with E-state index in [2.05, 4.69) is 185 Å². The molecule has 3 heteroatoms. The van der Waals surface area contributed by atoms with Gasteiger partial charge >= 0.3 is 0 Å². The van der Waals surface area contributed by atoms with Crippen molar-refractivity contribution in [2.45, 2.75) is 0 Å². The fraction of sp³-hybridized carbons (Fsp3) is 0. The molecule has 8 aromatic carbocycles. The van der Waals surface area contributed by atoms with Gasteiger partial charge in [-0.2, -0.15) is 0 Å². The lowest BCUT2D eigenvalue weighted by atomic mass is 9.97. The van der Waals surface area contributed by atoms with Gasteiger partial charge in [0.05, 0.1) is 27.6 Å². The van der Waals surface area contributed by atoms with E-state index in [1.165, 1.54) is 76.3 Å². The molecular weight excluding hydrogens is 607 g/mol. The van der Waals surface area contributed by atoms with Gasteiger partial charge in [-0.05, 0) is 87.9 Å². The molecule has 0 spiro atoms. The van der Waals surface area contributed by atoms with Crippen LogP contribution >= 0.6 is 0 Å². The number of aromatic nitrogens is 3. The number of hydrogen-bond acceptors (Lipinski definition) is 1. The SMILES string of the molecule is c1ccc(-n2c3ccccc3c3cc(-c4ccc5c(c4)c4ccccc4n5-c4ccc5c6ccccc6c6ccccc6c5n4)ccc32)cc1. The van der Waals surface area contributed by atoms with E-state index in [1.807, 2.05) is 0 Å². The van der Waals surface area contributed by atoms with Gasteiger partial charge in [-0.15, -0.1) is 0 Å². The van der Waals surface area contributed by atoms with Crippen LogP contribution in [0.15, 0.2) is 176 Å². The largest absolute Gasteiger partial charge is 0.309 e. The number of benzene rings is 8. The maximum atomic E-state index is 5.43. The quantitative estimate of drug-likeness (QED) is 0.177. The highest BCUT2D eigenvalue weighted by Crippen LogP contribution is 2.39. The van der Waals surface area contributed by atoms with E-state index in [0.717, 1.165) is 22.4 Å². The molecule has 3 heterocycles. The van der Waals surface area contributed by atoms with E-state index in [1.54, 1.807) is 0 Å². The van der Waals surface area contributed by atoms with Crippen LogP contribution in [0, 0.1) is 0 Å². The minimum absolute atomic E-state index is 0.923. The molecule has 0 saturated carbocycles. The second kappa shape index (κ2) is 10.4. The van der Waals surface area contributed by atoms with Crippen molar-refractivity contribution in [3.8, 4) is 22.6 Å². The number of fused-ring (bicyclic) bond motifs is 12. The molecule has 0 atom stereocenters. The van der Waals surface area contributed by atoms with Gasteiger partial charge in [-0.25, -0.2) is 4.98 Å². The predicted molar refractivity (Wildman–Crippen MR) is 211 cm³/mol. The molecule has 0 aliphatic heterocycles. The maximum absolute atomic E-state index is 5.43. The molecule has 50 heavy (non-hydrogen) atoms. The average Bonchev–Trinajstić information content (AvgIpc) is 3.70. The molecule has 0 saturated heterocycles. The monoisotopic (exact) mass is 635 g/mol. The predicted octanol–water partition coefficient (Wildman–Crippen LogP) is 12.4. The summed E-state index contributed by atoms with van der Waals surface area (Å²) in [5, 5.41) is 11.0. The summed E-state index contributed by atoms with van der Waals surface area (Å²) in [4.78, 5) is 5.43. The van der Waals surface area contributed by atoms with E-state index in [9.17, 15) is 0 Å². The van der Waals surface area contributed by atoms with E-state index >= 15 is 0 Å². The molecule has 232 valence electrons. The summed E-state index contributed by atoms with van der Waals surface area (Å²) in [7, 11) is 0. The van der Waals surface area contributed by atoms with Gasteiger partial charge in [0.1, 0.15) is 5.82 Å². The number of pyridine rings is 1. The number of rotatable bonds is 3. The first-order valence-electron chi connectivity index (χ1n) is 17.1. The standard InChI is InChI=1S/C47H29N3/c1-2-12-32(13-3-1)49-42-20-10-8-17-36(42)40-28-30(22-25-44(40)49)31-23-26-45-41(29-31)37-18-9-11-21-43(37)50(45)46-27-24-39-35-16-5-4-14-33(35)34-15-6-7-19-38(34)47(39)48-46/h1-29H. The first-order valence-corrected chi connectivity index (χ1v) is 17.1. The summed E-state index contributed by atoms with van der Waals surface area (Å²) in [5.41, 5.74) is 9.32. The molecule has 0 N–H and O–H groups in total. The molecule has 0 aliphatic carbocycles. The van der Waals surface area contributed by atoms with Crippen LogP contribution < -0.4 is 0 Å². The van der Waals surface area contributed by atoms with Gasteiger partial charge in [-0.1, -0.05) is 115 Å². The second-order valence-corrected chi connectivity index (χ2v) is 13.2. The summed E-state index contributed by atoms with van der Waals surface area (Å²) in [6.45, 7) is 0. The van der Waals surface area contributed by atoms with Gasteiger partial charge in [0.2, 0.25) is 0 Å². The Morgan fingerprint density at radius 1 is 0.300 bits per heavy atom. The van der Waals surface area contributed by atoms with Gasteiger partial charge in [0, 0.05) is 38.0 Å². The Kier molecular flexibility index (Phi) is 5.67. The van der Waals surface area contributed by atoms with Crippen LogP contribution in [0.1, 0.15) is 0 Å². The zero-order chi connectivity index (χ0) is 32.8. The van der Waals surface area contributed by atoms with Gasteiger partial charge < -0.3 is 4.57 Å². The van der Waals surface area contributed by atoms with Crippen molar-refractivity contribution in [1.82, 2.24) is 14.1 Å². The Hall–Kier alpha value is -6.71. The zero-order valence-electron chi connectivity index (χ0n) is 27.1. The Bertz CT molecular complexity index is 3110. The molecule has 0 bridgehead atoms. The van der Waals surface area contributed by atoms with Gasteiger partial charge in [0.25, 0.3) is 0 Å². The Labute approximate surface area is 287 Å². The lowest BCUT2D eigenvalue weighted by molar-refractivity contribution is 1.10. The van der Waals surface area contributed by atoms with Crippen LogP contribution in [0.5, 0.6) is 0 Å². The summed E-state index contributed by atoms with van der Waals surface area (Å²) in [5.74, 6) is 0.923. The fourth-order valence-electron chi connectivity index (χ4n) is 8.28. The molecule has 0 unspecified atom stereocenters. The molecular formula is C47H29N3. The Morgan fingerprint density at radius 3 is 1.36 bits per heavy atom. The van der Waals surface area contributed by atoms with Crippen molar-refractivity contribution in [2.24, 2.45) is 0 Å². The van der Waals surface area contributed by atoms with Crippen molar-refractivity contribution < 1.29 is 0 Å². The highest BCUT2D eigenvalue weighted by molar-refractivity contribution is 6.24. The Morgan fingerprint density at radius 2 is 0.740 bits per heavy atom. The highest BCUT2D eigenvalue weighted by Gasteiger charge is 2.17. The van der Waals surface area contributed by atoms with Crippen molar-refractivity contribution in [3.63, 3.8) is 0 Å². The number of hydrogen-bond donors (Lipinski definition) is 0. The third-order valence-electron chi connectivity index (χ3n) is 10.5. The summed E-state index contributed by atoms with van der Waals surface area (Å²) in [6, 6.07) is 63.6. The third kappa shape index (κ3) is 3.83. The van der Waals surface area contributed by atoms with Gasteiger partial charge in [-0.3, -0.25) is 4.57 Å². The minimum atomic E-state index is 0.923. The lowest BCUT2D eigenvalue weighted by Gasteiger charge is -2.13. The third-order valence-corrected chi connectivity index (χ3v) is 10.5. The lowest BCUT2D eigenvalue weighted by Crippen LogP contribution is -1.98. The minimum Gasteiger partial charge on any atom is -0.309 e. The van der Waals surface area contributed by atoms with E-state index in [4.69, 9.17) is 4.98 Å². The molecule has 3 nitrogen and oxygen atoms in total. The maximum Gasteiger partial charge on any atom is 0.138 e. The van der Waals surface area contributed by atoms with Crippen LogP contribution in [0.3, 0.4) is 0 Å². The smallest absolute Gasteiger partial charge is 0.138 e. The van der Waals surface area contributed by atoms with Crippen molar-refractivity contribution >= 4 is 76.1 Å². The molecule has 11 aromatic rings. The summed E-state index contributed by atoms with van der Waals surface area (Å²) < 4.78 is 4.70.